The molecule has 1 saturated carbocycles. The molecule has 1 aliphatic carbocycles. The number of hydroxylamine groups is 1. The Morgan fingerprint density at radius 3 is 2.21 bits per heavy atom. The van der Waals surface area contributed by atoms with Crippen molar-refractivity contribution in [2.45, 2.75) is 46.1 Å². The molecule has 3 amide bonds. The van der Waals surface area contributed by atoms with Crippen LogP contribution in [-0.4, -0.2) is 42.0 Å². The van der Waals surface area contributed by atoms with Gasteiger partial charge in [-0.2, -0.15) is 0 Å². The fourth-order valence-corrected chi connectivity index (χ4v) is 5.53. The Kier molecular flexibility index (Phi) is 9.07. The van der Waals surface area contributed by atoms with Crippen LogP contribution >= 0.6 is 23.2 Å². The number of benzene rings is 2. The highest BCUT2D eigenvalue weighted by Gasteiger charge is 2.58. The van der Waals surface area contributed by atoms with E-state index >= 15 is 0 Å². The SMILES string of the molecule is COC(=O)[C@H](Cc1ccc(NC(=O)c2c(Cl)cccc2Cl)cc1)NC(=O)[C@H]1CC[C@@](C)(C(=O)NO)C1(C)C. The van der Waals surface area contributed by atoms with Gasteiger partial charge in [-0.3, -0.25) is 19.6 Å². The second-order valence-electron chi connectivity index (χ2n) is 10.1. The van der Waals surface area contributed by atoms with Crippen molar-refractivity contribution >= 4 is 52.6 Å². The molecule has 3 rings (SSSR count). The number of rotatable bonds is 8. The number of anilines is 1. The maximum atomic E-state index is 13.3. The van der Waals surface area contributed by atoms with Crippen LogP contribution in [0.1, 0.15) is 49.5 Å². The summed E-state index contributed by atoms with van der Waals surface area (Å²) >= 11 is 12.2. The number of nitrogens with one attached hydrogen (secondary N) is 3. The summed E-state index contributed by atoms with van der Waals surface area (Å²) in [6.07, 6.45) is 0.963. The predicted octanol–water partition coefficient (Wildman–Crippen LogP) is 4.39. The lowest BCUT2D eigenvalue weighted by atomic mass is 9.65. The first-order valence-corrected chi connectivity index (χ1v) is 12.8. The number of hydrogen-bond donors (Lipinski definition) is 4. The molecule has 0 aromatic heterocycles. The maximum absolute atomic E-state index is 13.3. The second kappa shape index (κ2) is 11.7. The number of carbonyl (C=O) groups is 4. The van der Waals surface area contributed by atoms with Gasteiger partial charge in [0.15, 0.2) is 0 Å². The Labute approximate surface area is 231 Å². The van der Waals surface area contributed by atoms with Crippen LogP contribution in [0.4, 0.5) is 5.69 Å². The van der Waals surface area contributed by atoms with Gasteiger partial charge in [-0.05, 0) is 48.1 Å². The van der Waals surface area contributed by atoms with Gasteiger partial charge in [0.2, 0.25) is 11.8 Å². The lowest BCUT2D eigenvalue weighted by Gasteiger charge is -2.39. The standard InChI is InChI=1S/C27H31Cl2N3O6/c1-26(2)17(12-13-27(26,3)25(36)32-37)22(33)31-20(24(35)38-4)14-15-8-10-16(11-9-15)30-23(34)21-18(28)6-5-7-19(21)29/h5-11,17,20,37H,12-14H2,1-4H3,(H,30,34)(H,31,33)(H,32,36)/t17-,20+,27+/m1/s1. The normalized spacial score (nSPS) is 20.8. The van der Waals surface area contributed by atoms with Crippen LogP contribution in [0.15, 0.2) is 42.5 Å². The summed E-state index contributed by atoms with van der Waals surface area (Å²) in [5.41, 5.74) is 1.33. The van der Waals surface area contributed by atoms with E-state index in [4.69, 9.17) is 27.9 Å². The third-order valence-electron chi connectivity index (χ3n) is 7.79. The molecule has 4 N–H and O–H groups in total. The summed E-state index contributed by atoms with van der Waals surface area (Å²) in [6.45, 7) is 5.31. The third kappa shape index (κ3) is 5.80. The van der Waals surface area contributed by atoms with Crippen LogP contribution in [0.2, 0.25) is 10.0 Å². The first-order valence-electron chi connectivity index (χ1n) is 12.0. The van der Waals surface area contributed by atoms with Crippen molar-refractivity contribution in [3.8, 4) is 0 Å². The van der Waals surface area contributed by atoms with E-state index in [9.17, 15) is 24.4 Å². The summed E-state index contributed by atoms with van der Waals surface area (Å²) < 4.78 is 4.91. The summed E-state index contributed by atoms with van der Waals surface area (Å²) in [5, 5.41) is 15.2. The smallest absolute Gasteiger partial charge is 0.328 e. The first kappa shape index (κ1) is 29.4. The molecule has 1 fully saturated rings. The number of esters is 1. The zero-order valence-electron chi connectivity index (χ0n) is 21.6. The van der Waals surface area contributed by atoms with Crippen molar-refractivity contribution in [3.05, 3.63) is 63.6 Å². The van der Waals surface area contributed by atoms with E-state index in [-0.39, 0.29) is 27.9 Å². The molecule has 0 bridgehead atoms. The average Bonchev–Trinajstić information content (AvgIpc) is 3.12. The Morgan fingerprint density at radius 2 is 1.66 bits per heavy atom. The Bertz CT molecular complexity index is 1210. The van der Waals surface area contributed by atoms with Crippen molar-refractivity contribution in [3.63, 3.8) is 0 Å². The molecule has 0 spiro atoms. The Hall–Kier alpha value is -3.14. The highest BCUT2D eigenvalue weighted by Crippen LogP contribution is 2.56. The van der Waals surface area contributed by atoms with Gasteiger partial charge in [0, 0.05) is 18.0 Å². The molecule has 3 atom stereocenters. The highest BCUT2D eigenvalue weighted by atomic mass is 35.5. The van der Waals surface area contributed by atoms with Crippen LogP contribution in [0, 0.1) is 16.7 Å². The van der Waals surface area contributed by atoms with Crippen LogP contribution in [0.25, 0.3) is 0 Å². The molecule has 2 aromatic carbocycles. The molecule has 38 heavy (non-hydrogen) atoms. The minimum absolute atomic E-state index is 0.143. The Balaban J connectivity index is 1.71. The van der Waals surface area contributed by atoms with Crippen molar-refractivity contribution in [1.82, 2.24) is 10.8 Å². The van der Waals surface area contributed by atoms with Crippen LogP contribution < -0.4 is 16.1 Å². The van der Waals surface area contributed by atoms with E-state index in [1.165, 1.54) is 7.11 Å². The van der Waals surface area contributed by atoms with Gasteiger partial charge in [0.05, 0.1) is 28.1 Å². The van der Waals surface area contributed by atoms with Gasteiger partial charge in [-0.15, -0.1) is 0 Å². The van der Waals surface area contributed by atoms with E-state index in [0.717, 1.165) is 0 Å². The average molecular weight is 564 g/mol. The zero-order chi connectivity index (χ0) is 28.3. The van der Waals surface area contributed by atoms with E-state index in [2.05, 4.69) is 10.6 Å². The number of carbonyl (C=O) groups excluding carboxylic acids is 4. The molecule has 0 aliphatic heterocycles. The fourth-order valence-electron chi connectivity index (χ4n) is 4.96. The maximum Gasteiger partial charge on any atom is 0.328 e. The topological polar surface area (TPSA) is 134 Å². The molecule has 0 unspecified atom stereocenters. The first-order chi connectivity index (χ1) is 17.8. The molecule has 0 saturated heterocycles. The molecule has 1 aliphatic rings. The van der Waals surface area contributed by atoms with Crippen LogP contribution in [0.5, 0.6) is 0 Å². The van der Waals surface area contributed by atoms with Gasteiger partial charge in [-0.1, -0.05) is 62.2 Å². The van der Waals surface area contributed by atoms with E-state index in [1.807, 2.05) is 0 Å². The minimum atomic E-state index is -0.968. The van der Waals surface area contributed by atoms with E-state index in [0.29, 0.717) is 24.1 Å². The summed E-state index contributed by atoms with van der Waals surface area (Å²) in [4.78, 5) is 50.8. The monoisotopic (exact) mass is 563 g/mol. The van der Waals surface area contributed by atoms with E-state index < -0.39 is 40.6 Å². The quantitative estimate of drug-likeness (QED) is 0.214. The number of ether oxygens (including phenoxy) is 1. The Morgan fingerprint density at radius 1 is 1.05 bits per heavy atom. The van der Waals surface area contributed by atoms with Gasteiger partial charge in [0.1, 0.15) is 6.04 Å². The summed E-state index contributed by atoms with van der Waals surface area (Å²) in [7, 11) is 1.24. The molecule has 0 radical (unpaired) electrons. The third-order valence-corrected chi connectivity index (χ3v) is 8.42. The van der Waals surface area contributed by atoms with Crippen LogP contribution in [-0.2, 0) is 25.5 Å². The van der Waals surface area contributed by atoms with E-state index in [1.54, 1.807) is 68.7 Å². The van der Waals surface area contributed by atoms with Gasteiger partial charge >= 0.3 is 5.97 Å². The fraction of sp³-hybridized carbons (Fsp3) is 0.407. The number of amides is 3. The number of halogens is 2. The van der Waals surface area contributed by atoms with Crippen molar-refractivity contribution in [2.24, 2.45) is 16.7 Å². The summed E-state index contributed by atoms with van der Waals surface area (Å²) in [6, 6.07) is 10.6. The molecular weight excluding hydrogens is 533 g/mol. The lowest BCUT2D eigenvalue weighted by molar-refractivity contribution is -0.149. The molecule has 2 aromatic rings. The number of methoxy groups -OCH3 is 1. The molecule has 0 heterocycles. The zero-order valence-corrected chi connectivity index (χ0v) is 23.1. The highest BCUT2D eigenvalue weighted by molar-refractivity contribution is 6.40. The lowest BCUT2D eigenvalue weighted by Crippen LogP contribution is -2.51. The second-order valence-corrected chi connectivity index (χ2v) is 10.9. The largest absolute Gasteiger partial charge is 0.467 e. The molecule has 11 heteroatoms. The van der Waals surface area contributed by atoms with Crippen LogP contribution in [0.3, 0.4) is 0 Å². The van der Waals surface area contributed by atoms with Gasteiger partial charge in [0.25, 0.3) is 5.91 Å². The molecular formula is C27H31Cl2N3O6. The molecule has 204 valence electrons. The summed E-state index contributed by atoms with van der Waals surface area (Å²) in [5.74, 6) is -2.57. The van der Waals surface area contributed by atoms with Gasteiger partial charge in [-0.25, -0.2) is 10.3 Å². The predicted molar refractivity (Wildman–Crippen MR) is 143 cm³/mol. The minimum Gasteiger partial charge on any atom is -0.467 e. The van der Waals surface area contributed by atoms with Crippen molar-refractivity contribution in [1.29, 1.82) is 0 Å². The number of hydrogen-bond acceptors (Lipinski definition) is 6. The van der Waals surface area contributed by atoms with Crippen molar-refractivity contribution < 1.29 is 29.1 Å². The molecule has 9 nitrogen and oxygen atoms in total. The van der Waals surface area contributed by atoms with Crippen molar-refractivity contribution in [2.75, 3.05) is 12.4 Å². The van der Waals surface area contributed by atoms with Gasteiger partial charge < -0.3 is 15.4 Å².